The summed E-state index contributed by atoms with van der Waals surface area (Å²) in [6.07, 6.45) is -0.523. The molecule has 0 aliphatic carbocycles. The molecule has 0 radical (unpaired) electrons. The van der Waals surface area contributed by atoms with Crippen molar-refractivity contribution >= 4 is 6.29 Å². The Kier molecular flexibility index (Phi) is 4.20. The van der Waals surface area contributed by atoms with Crippen LogP contribution in [0.3, 0.4) is 0 Å². The van der Waals surface area contributed by atoms with Crippen LogP contribution in [0.25, 0.3) is 0 Å². The Morgan fingerprint density at radius 3 is 2.80 bits per heavy atom. The van der Waals surface area contributed by atoms with Gasteiger partial charge in [0.15, 0.2) is 11.6 Å². The largest absolute Gasteiger partial charge is 0.488 e. The highest BCUT2D eigenvalue weighted by molar-refractivity contribution is 5.74. The number of aliphatic hydroxyl groups is 2. The van der Waals surface area contributed by atoms with E-state index >= 15 is 0 Å². The van der Waals surface area contributed by atoms with Crippen LogP contribution in [-0.4, -0.2) is 35.8 Å². The molecule has 1 aromatic carbocycles. The van der Waals surface area contributed by atoms with Crippen molar-refractivity contribution in [1.29, 1.82) is 0 Å². The highest BCUT2D eigenvalue weighted by atomic mass is 19.1. The molecular formula is C10H11FO4. The predicted octanol–water partition coefficient (Wildman–Crippen LogP) is 0.370. The van der Waals surface area contributed by atoms with Gasteiger partial charge >= 0.3 is 0 Å². The molecule has 0 aromatic heterocycles. The van der Waals surface area contributed by atoms with Crippen LogP contribution in [0.1, 0.15) is 10.4 Å². The molecule has 0 aliphatic rings. The molecular weight excluding hydrogens is 203 g/mol. The number of hydrogen-bond acceptors (Lipinski definition) is 4. The second kappa shape index (κ2) is 5.43. The highest BCUT2D eigenvalue weighted by Gasteiger charge is 2.07. The summed E-state index contributed by atoms with van der Waals surface area (Å²) >= 11 is 0. The minimum absolute atomic E-state index is 0.0619. The summed E-state index contributed by atoms with van der Waals surface area (Å²) in [5, 5.41) is 17.5. The Morgan fingerprint density at radius 1 is 1.53 bits per heavy atom. The fourth-order valence-electron chi connectivity index (χ4n) is 0.946. The molecule has 5 heteroatoms. The van der Waals surface area contributed by atoms with Crippen LogP contribution in [0.5, 0.6) is 5.75 Å². The number of benzene rings is 1. The Bertz CT molecular complexity index is 340. The fourth-order valence-corrected chi connectivity index (χ4v) is 0.946. The minimum atomic E-state index is -1.05. The van der Waals surface area contributed by atoms with Crippen molar-refractivity contribution in [2.45, 2.75) is 6.10 Å². The zero-order valence-electron chi connectivity index (χ0n) is 7.89. The van der Waals surface area contributed by atoms with E-state index in [9.17, 15) is 9.18 Å². The van der Waals surface area contributed by atoms with E-state index in [1.165, 1.54) is 12.1 Å². The molecule has 1 unspecified atom stereocenters. The Labute approximate surface area is 85.9 Å². The van der Waals surface area contributed by atoms with Crippen molar-refractivity contribution in [3.63, 3.8) is 0 Å². The Morgan fingerprint density at radius 2 is 2.27 bits per heavy atom. The Balaban J connectivity index is 2.65. The van der Waals surface area contributed by atoms with Gasteiger partial charge in [0.1, 0.15) is 19.0 Å². The van der Waals surface area contributed by atoms with Gasteiger partial charge in [0.25, 0.3) is 0 Å². The molecule has 0 bridgehead atoms. The van der Waals surface area contributed by atoms with Crippen LogP contribution in [0.4, 0.5) is 4.39 Å². The van der Waals surface area contributed by atoms with Crippen LogP contribution in [-0.2, 0) is 0 Å². The van der Waals surface area contributed by atoms with Gasteiger partial charge in [0, 0.05) is 5.56 Å². The summed E-state index contributed by atoms with van der Waals surface area (Å²) in [5.41, 5.74) is 0.211. The first-order valence-corrected chi connectivity index (χ1v) is 4.34. The first kappa shape index (κ1) is 11.6. The monoisotopic (exact) mass is 214 g/mol. The molecule has 0 fully saturated rings. The van der Waals surface area contributed by atoms with Crippen LogP contribution < -0.4 is 4.74 Å². The van der Waals surface area contributed by atoms with Crippen LogP contribution in [0, 0.1) is 5.82 Å². The molecule has 0 saturated heterocycles. The molecule has 0 amide bonds. The van der Waals surface area contributed by atoms with Crippen molar-refractivity contribution < 1.29 is 24.1 Å². The lowest BCUT2D eigenvalue weighted by Crippen LogP contribution is -2.21. The van der Waals surface area contributed by atoms with E-state index in [-0.39, 0.29) is 17.9 Å². The van der Waals surface area contributed by atoms with E-state index in [1.54, 1.807) is 0 Å². The highest BCUT2D eigenvalue weighted by Crippen LogP contribution is 2.17. The van der Waals surface area contributed by atoms with Gasteiger partial charge in [-0.25, -0.2) is 4.39 Å². The number of carbonyl (C=O) groups is 1. The summed E-state index contributed by atoms with van der Waals surface area (Å²) in [4.78, 5) is 10.3. The summed E-state index contributed by atoms with van der Waals surface area (Å²) in [6.45, 7) is -0.651. The van der Waals surface area contributed by atoms with Gasteiger partial charge in [-0.15, -0.1) is 0 Å². The third-order valence-corrected chi connectivity index (χ3v) is 1.73. The van der Waals surface area contributed by atoms with Crippen molar-refractivity contribution in [2.24, 2.45) is 0 Å². The topological polar surface area (TPSA) is 66.8 Å². The molecule has 0 spiro atoms. The van der Waals surface area contributed by atoms with Crippen molar-refractivity contribution in [3.05, 3.63) is 29.6 Å². The lowest BCUT2D eigenvalue weighted by atomic mass is 10.2. The number of hydrogen-bond donors (Lipinski definition) is 2. The summed E-state index contributed by atoms with van der Waals surface area (Å²) < 4.78 is 18.1. The van der Waals surface area contributed by atoms with Crippen LogP contribution in [0.2, 0.25) is 0 Å². The molecule has 15 heavy (non-hydrogen) atoms. The fraction of sp³-hybridized carbons (Fsp3) is 0.300. The predicted molar refractivity (Wildman–Crippen MR) is 50.4 cm³/mol. The molecule has 0 aliphatic heterocycles. The molecule has 4 nitrogen and oxygen atoms in total. The van der Waals surface area contributed by atoms with Crippen LogP contribution in [0.15, 0.2) is 18.2 Å². The second-order valence-corrected chi connectivity index (χ2v) is 2.96. The normalized spacial score (nSPS) is 12.2. The summed E-state index contributed by atoms with van der Waals surface area (Å²) in [5.74, 6) is -0.738. The van der Waals surface area contributed by atoms with Crippen molar-refractivity contribution in [2.75, 3.05) is 13.2 Å². The summed E-state index contributed by atoms with van der Waals surface area (Å²) in [7, 11) is 0. The molecule has 82 valence electrons. The third kappa shape index (κ3) is 3.30. The number of aldehydes is 1. The molecule has 2 N–H and O–H groups in total. The standard InChI is InChI=1S/C10H11FO4/c11-9-3-7(4-12)1-2-10(9)15-6-8(14)5-13/h1-4,8,13-14H,5-6H2. The maximum absolute atomic E-state index is 13.2. The van der Waals surface area contributed by atoms with Crippen molar-refractivity contribution in [3.8, 4) is 5.75 Å². The van der Waals surface area contributed by atoms with Gasteiger partial charge in [-0.3, -0.25) is 4.79 Å². The smallest absolute Gasteiger partial charge is 0.165 e. The van der Waals surface area contributed by atoms with Gasteiger partial charge < -0.3 is 14.9 Å². The van der Waals surface area contributed by atoms with E-state index in [1.807, 2.05) is 0 Å². The second-order valence-electron chi connectivity index (χ2n) is 2.96. The van der Waals surface area contributed by atoms with E-state index in [0.717, 1.165) is 6.07 Å². The van der Waals surface area contributed by atoms with Crippen molar-refractivity contribution in [1.82, 2.24) is 0 Å². The number of rotatable bonds is 5. The molecule has 0 heterocycles. The first-order chi connectivity index (χ1) is 7.17. The lowest BCUT2D eigenvalue weighted by Gasteiger charge is -2.10. The van der Waals surface area contributed by atoms with Crippen LogP contribution >= 0.6 is 0 Å². The Hall–Kier alpha value is -1.46. The van der Waals surface area contributed by atoms with Gasteiger partial charge in [0.05, 0.1) is 6.61 Å². The lowest BCUT2D eigenvalue weighted by molar-refractivity contribution is 0.0523. The number of halogens is 1. The molecule has 1 atom stereocenters. The molecule has 1 aromatic rings. The molecule has 0 saturated carbocycles. The van der Waals surface area contributed by atoms with Gasteiger partial charge in [-0.2, -0.15) is 0 Å². The average molecular weight is 214 g/mol. The van der Waals surface area contributed by atoms with Gasteiger partial charge in [-0.1, -0.05) is 0 Å². The van der Waals surface area contributed by atoms with E-state index in [2.05, 4.69) is 0 Å². The summed E-state index contributed by atoms with van der Waals surface area (Å²) in [6, 6.07) is 3.73. The number of carbonyl (C=O) groups excluding carboxylic acids is 1. The van der Waals surface area contributed by atoms with E-state index in [4.69, 9.17) is 14.9 Å². The zero-order chi connectivity index (χ0) is 11.3. The first-order valence-electron chi connectivity index (χ1n) is 4.34. The van der Waals surface area contributed by atoms with E-state index < -0.39 is 18.5 Å². The number of ether oxygens (including phenoxy) is 1. The van der Waals surface area contributed by atoms with Gasteiger partial charge in [-0.05, 0) is 18.2 Å². The SMILES string of the molecule is O=Cc1ccc(OCC(O)CO)c(F)c1. The maximum atomic E-state index is 13.2. The maximum Gasteiger partial charge on any atom is 0.165 e. The van der Waals surface area contributed by atoms with Gasteiger partial charge in [0.2, 0.25) is 0 Å². The third-order valence-electron chi connectivity index (χ3n) is 1.73. The molecule has 1 rings (SSSR count). The number of aliphatic hydroxyl groups excluding tert-OH is 2. The van der Waals surface area contributed by atoms with E-state index in [0.29, 0.717) is 6.29 Å². The zero-order valence-corrected chi connectivity index (χ0v) is 7.89. The quantitative estimate of drug-likeness (QED) is 0.695. The minimum Gasteiger partial charge on any atom is -0.488 e. The average Bonchev–Trinajstić information content (AvgIpc) is 2.26.